The lowest BCUT2D eigenvalue weighted by molar-refractivity contribution is 0.910. The van der Waals surface area contributed by atoms with E-state index in [2.05, 4.69) is 44.2 Å². The van der Waals surface area contributed by atoms with Crippen molar-refractivity contribution in [2.45, 2.75) is 6.92 Å². The van der Waals surface area contributed by atoms with Crippen LogP contribution in [0, 0.1) is 11.8 Å². The minimum absolute atomic E-state index is 0.583. The summed E-state index contributed by atoms with van der Waals surface area (Å²) >= 11 is 2.28. The molecule has 2 aromatic rings. The van der Waals surface area contributed by atoms with Crippen LogP contribution in [0.25, 0.3) is 11.0 Å². The molecule has 1 atom stereocenters. The molecule has 0 fully saturated rings. The van der Waals surface area contributed by atoms with Gasteiger partial charge in [0.1, 0.15) is 5.52 Å². The van der Waals surface area contributed by atoms with Crippen molar-refractivity contribution in [3.8, 4) is 11.8 Å². The molecule has 0 radical (unpaired) electrons. The second-order valence-electron chi connectivity index (χ2n) is 2.66. The summed E-state index contributed by atoms with van der Waals surface area (Å²) in [5.41, 5.74) is 2.97. The third-order valence-corrected chi connectivity index (χ3v) is 3.66. The van der Waals surface area contributed by atoms with Crippen molar-refractivity contribution < 1.29 is 0 Å². The molecule has 70 valence electrons. The molecule has 0 aliphatic rings. The maximum absolute atomic E-state index is 4.08. The van der Waals surface area contributed by atoms with E-state index in [0.29, 0.717) is 6.37 Å². The second kappa shape index (κ2) is 4.24. The number of halogens is 1. The number of benzene rings is 1. The van der Waals surface area contributed by atoms with Crippen LogP contribution in [0.5, 0.6) is 0 Å². The Labute approximate surface area is 96.6 Å². The first-order valence-corrected chi connectivity index (χ1v) is 8.06. The SMILES string of the molecule is CC#Cc1ccc2c(c1)nnn2PI. The molecule has 5 heteroatoms. The van der Waals surface area contributed by atoms with Crippen LogP contribution in [0.2, 0.25) is 0 Å². The fraction of sp³-hybridized carbons (Fsp3) is 0.111. The van der Waals surface area contributed by atoms with E-state index in [9.17, 15) is 0 Å². The Morgan fingerprint density at radius 2 is 2.36 bits per heavy atom. The minimum atomic E-state index is 0.583. The van der Waals surface area contributed by atoms with Crippen molar-refractivity contribution in [3.05, 3.63) is 23.8 Å². The van der Waals surface area contributed by atoms with E-state index >= 15 is 0 Å². The van der Waals surface area contributed by atoms with Crippen molar-refractivity contribution in [3.63, 3.8) is 0 Å². The van der Waals surface area contributed by atoms with Gasteiger partial charge in [-0.3, -0.25) is 0 Å². The van der Waals surface area contributed by atoms with Crippen molar-refractivity contribution in [1.82, 2.24) is 14.8 Å². The van der Waals surface area contributed by atoms with Gasteiger partial charge in [0.15, 0.2) is 0 Å². The summed E-state index contributed by atoms with van der Waals surface area (Å²) in [7, 11) is 0. The Kier molecular flexibility index (Phi) is 2.99. The molecule has 0 saturated heterocycles. The van der Waals surface area contributed by atoms with Gasteiger partial charge in [-0.2, -0.15) is 0 Å². The van der Waals surface area contributed by atoms with Crippen LogP contribution in [0.15, 0.2) is 18.2 Å². The summed E-state index contributed by atoms with van der Waals surface area (Å²) in [6.45, 7) is 1.83. The van der Waals surface area contributed by atoms with E-state index in [1.54, 1.807) is 0 Å². The van der Waals surface area contributed by atoms with E-state index in [-0.39, 0.29) is 0 Å². The molecule has 0 spiro atoms. The molecule has 0 aliphatic heterocycles. The predicted octanol–water partition coefficient (Wildman–Crippen LogP) is 2.59. The van der Waals surface area contributed by atoms with Crippen molar-refractivity contribution in [1.29, 1.82) is 0 Å². The van der Waals surface area contributed by atoms with Crippen LogP contribution < -0.4 is 0 Å². The Morgan fingerprint density at radius 1 is 1.50 bits per heavy atom. The highest BCUT2D eigenvalue weighted by Crippen LogP contribution is 2.27. The maximum atomic E-state index is 4.08. The summed E-state index contributed by atoms with van der Waals surface area (Å²) in [5, 5.41) is 8.12. The number of rotatable bonds is 1. The van der Waals surface area contributed by atoms with Gasteiger partial charge < -0.3 is 0 Å². The van der Waals surface area contributed by atoms with Crippen molar-refractivity contribution in [2.75, 3.05) is 0 Å². The Bertz CT molecular complexity index is 524. The molecule has 0 bridgehead atoms. The van der Waals surface area contributed by atoms with E-state index in [0.717, 1.165) is 16.6 Å². The maximum Gasteiger partial charge on any atom is 0.114 e. The molecule has 1 aromatic heterocycles. The lowest BCUT2D eigenvalue weighted by atomic mass is 10.2. The monoisotopic (exact) mass is 315 g/mol. The molecular formula is C9H7IN3P. The highest BCUT2D eigenvalue weighted by Gasteiger charge is 2.02. The van der Waals surface area contributed by atoms with Crippen molar-refractivity contribution in [2.24, 2.45) is 0 Å². The van der Waals surface area contributed by atoms with E-state index < -0.39 is 0 Å². The summed E-state index contributed by atoms with van der Waals surface area (Å²) < 4.78 is 1.89. The summed E-state index contributed by atoms with van der Waals surface area (Å²) in [6, 6.07) is 5.97. The van der Waals surface area contributed by atoms with Gasteiger partial charge in [0.2, 0.25) is 0 Å². The normalized spacial score (nSPS) is 10.7. The smallest absolute Gasteiger partial charge is 0.114 e. The Hall–Kier alpha value is -0.660. The van der Waals surface area contributed by atoms with E-state index in [1.807, 2.05) is 29.6 Å². The fourth-order valence-corrected chi connectivity index (χ4v) is 2.64. The summed E-state index contributed by atoms with van der Waals surface area (Å²) in [6.07, 6.45) is 0.583. The largest absolute Gasteiger partial charge is 0.217 e. The first kappa shape index (κ1) is 9.88. The number of fused-ring (bicyclic) bond motifs is 1. The van der Waals surface area contributed by atoms with Gasteiger partial charge in [0.25, 0.3) is 0 Å². The van der Waals surface area contributed by atoms with Gasteiger partial charge in [-0.25, -0.2) is 4.45 Å². The fourth-order valence-electron chi connectivity index (χ4n) is 1.21. The van der Waals surface area contributed by atoms with Crippen LogP contribution in [0.3, 0.4) is 0 Å². The van der Waals surface area contributed by atoms with Gasteiger partial charge in [-0.1, -0.05) is 11.1 Å². The first-order valence-electron chi connectivity index (χ1n) is 4.00. The molecule has 0 N–H and O–H groups in total. The average Bonchev–Trinajstić information content (AvgIpc) is 2.60. The molecule has 1 heterocycles. The summed E-state index contributed by atoms with van der Waals surface area (Å²) in [4.78, 5) is 0. The van der Waals surface area contributed by atoms with Crippen LogP contribution in [-0.2, 0) is 0 Å². The number of hydrogen-bond donors (Lipinski definition) is 0. The molecule has 3 nitrogen and oxygen atoms in total. The molecule has 1 aromatic carbocycles. The van der Waals surface area contributed by atoms with Crippen molar-refractivity contribution >= 4 is 39.4 Å². The molecule has 1 unspecified atom stereocenters. The topological polar surface area (TPSA) is 30.7 Å². The molecule has 2 rings (SSSR count). The summed E-state index contributed by atoms with van der Waals surface area (Å²) in [5.74, 6) is 5.87. The molecule has 0 aliphatic carbocycles. The third kappa shape index (κ3) is 1.75. The molecule has 0 amide bonds. The van der Waals surface area contributed by atoms with E-state index in [4.69, 9.17) is 0 Å². The standard InChI is InChI=1S/C9H7IN3P/c1-2-3-7-4-5-9-8(6-7)11-12-13(9)14-10/h4-6,14H,1H3. The second-order valence-corrected chi connectivity index (χ2v) is 4.70. The Balaban J connectivity index is 2.61. The molecule has 14 heavy (non-hydrogen) atoms. The van der Waals surface area contributed by atoms with Gasteiger partial charge in [-0.05, 0) is 47.2 Å². The average molecular weight is 315 g/mol. The molecule has 0 saturated carbocycles. The number of nitrogens with zero attached hydrogens (tertiary/aromatic N) is 3. The quantitative estimate of drug-likeness (QED) is 0.460. The third-order valence-electron chi connectivity index (χ3n) is 1.79. The lowest BCUT2D eigenvalue weighted by Crippen LogP contribution is -1.82. The zero-order valence-corrected chi connectivity index (χ0v) is 10.6. The zero-order chi connectivity index (χ0) is 9.97. The van der Waals surface area contributed by atoms with E-state index in [1.165, 1.54) is 0 Å². The minimum Gasteiger partial charge on any atom is -0.217 e. The first-order chi connectivity index (χ1) is 6.85. The lowest BCUT2D eigenvalue weighted by Gasteiger charge is -1.94. The van der Waals surface area contributed by atoms with Gasteiger partial charge >= 0.3 is 0 Å². The number of hydrogen-bond acceptors (Lipinski definition) is 2. The van der Waals surface area contributed by atoms with Crippen LogP contribution in [-0.4, -0.2) is 14.8 Å². The van der Waals surface area contributed by atoms with Crippen LogP contribution >= 0.6 is 28.4 Å². The predicted molar refractivity (Wildman–Crippen MR) is 67.8 cm³/mol. The number of aromatic nitrogens is 3. The highest BCUT2D eigenvalue weighted by molar-refractivity contribution is 14.2. The van der Waals surface area contributed by atoms with Gasteiger partial charge in [-0.15, -0.1) is 11.0 Å². The van der Waals surface area contributed by atoms with Crippen LogP contribution in [0.1, 0.15) is 12.5 Å². The van der Waals surface area contributed by atoms with Crippen LogP contribution in [0.4, 0.5) is 0 Å². The Morgan fingerprint density at radius 3 is 3.07 bits per heavy atom. The molecular weight excluding hydrogens is 308 g/mol. The zero-order valence-electron chi connectivity index (χ0n) is 7.45. The highest BCUT2D eigenvalue weighted by atomic mass is 127. The van der Waals surface area contributed by atoms with Gasteiger partial charge in [0, 0.05) is 5.56 Å². The van der Waals surface area contributed by atoms with Gasteiger partial charge in [0.05, 0.1) is 11.9 Å².